The standard InChI is InChI=1S/C22H21N3O2S2/c1-4-15(19(23)26)25-20(14-8-5-7-12(2)11-14)24-21-18(22(25)27)17(13(3)29-21)16-9-6-10-28-16/h5-11,15H,4H2,1-3H3,(H2,23,26). The van der Waals surface area contributed by atoms with E-state index in [0.717, 1.165) is 26.4 Å². The summed E-state index contributed by atoms with van der Waals surface area (Å²) in [5.41, 5.74) is 8.22. The van der Waals surface area contributed by atoms with Gasteiger partial charge in [0.2, 0.25) is 5.91 Å². The Balaban J connectivity index is 2.13. The van der Waals surface area contributed by atoms with Crippen molar-refractivity contribution in [3.8, 4) is 21.8 Å². The van der Waals surface area contributed by atoms with Gasteiger partial charge in [0.1, 0.15) is 16.7 Å². The number of benzene rings is 1. The molecule has 0 saturated carbocycles. The van der Waals surface area contributed by atoms with Crippen molar-refractivity contribution >= 4 is 38.8 Å². The molecule has 0 saturated heterocycles. The molecule has 5 nitrogen and oxygen atoms in total. The molecule has 0 fully saturated rings. The van der Waals surface area contributed by atoms with Gasteiger partial charge in [-0.05, 0) is 37.8 Å². The van der Waals surface area contributed by atoms with Crippen molar-refractivity contribution in [3.05, 3.63) is 62.6 Å². The van der Waals surface area contributed by atoms with E-state index in [4.69, 9.17) is 10.7 Å². The summed E-state index contributed by atoms with van der Waals surface area (Å²) in [5.74, 6) is -0.0508. The molecule has 3 heterocycles. The van der Waals surface area contributed by atoms with E-state index in [9.17, 15) is 9.59 Å². The lowest BCUT2D eigenvalue weighted by atomic mass is 10.1. The van der Waals surface area contributed by atoms with Crippen LogP contribution in [0.2, 0.25) is 0 Å². The van der Waals surface area contributed by atoms with E-state index >= 15 is 0 Å². The Morgan fingerprint density at radius 3 is 2.66 bits per heavy atom. The maximum absolute atomic E-state index is 13.8. The molecule has 1 amide bonds. The topological polar surface area (TPSA) is 78.0 Å². The largest absolute Gasteiger partial charge is 0.368 e. The summed E-state index contributed by atoms with van der Waals surface area (Å²) in [4.78, 5) is 33.6. The number of fused-ring (bicyclic) bond motifs is 1. The highest BCUT2D eigenvalue weighted by atomic mass is 32.1. The highest BCUT2D eigenvalue weighted by Crippen LogP contribution is 2.39. The van der Waals surface area contributed by atoms with Gasteiger partial charge in [-0.2, -0.15) is 0 Å². The van der Waals surface area contributed by atoms with Crippen LogP contribution in [0.3, 0.4) is 0 Å². The first-order valence-electron chi connectivity index (χ1n) is 9.38. The number of primary amides is 1. The van der Waals surface area contributed by atoms with E-state index in [1.54, 1.807) is 11.3 Å². The van der Waals surface area contributed by atoms with Gasteiger partial charge in [-0.3, -0.25) is 14.2 Å². The van der Waals surface area contributed by atoms with Crippen LogP contribution in [-0.4, -0.2) is 15.5 Å². The first-order valence-corrected chi connectivity index (χ1v) is 11.1. The molecule has 148 valence electrons. The van der Waals surface area contributed by atoms with Crippen LogP contribution in [0.5, 0.6) is 0 Å². The smallest absolute Gasteiger partial charge is 0.263 e. The Labute approximate surface area is 176 Å². The van der Waals surface area contributed by atoms with Gasteiger partial charge in [0.15, 0.2) is 0 Å². The number of rotatable bonds is 5. The number of hydrogen-bond acceptors (Lipinski definition) is 5. The van der Waals surface area contributed by atoms with Gasteiger partial charge >= 0.3 is 0 Å². The van der Waals surface area contributed by atoms with Crippen LogP contribution in [0.4, 0.5) is 0 Å². The number of hydrogen-bond donors (Lipinski definition) is 1. The highest BCUT2D eigenvalue weighted by Gasteiger charge is 2.26. The Hall–Kier alpha value is -2.77. The summed E-state index contributed by atoms with van der Waals surface area (Å²) < 4.78 is 1.49. The van der Waals surface area contributed by atoms with E-state index < -0.39 is 11.9 Å². The predicted octanol–water partition coefficient (Wildman–Crippen LogP) is 4.91. The fourth-order valence-corrected chi connectivity index (χ4v) is 5.61. The normalized spacial score (nSPS) is 12.4. The van der Waals surface area contributed by atoms with Crippen LogP contribution in [-0.2, 0) is 4.79 Å². The molecule has 1 atom stereocenters. The summed E-state index contributed by atoms with van der Waals surface area (Å²) in [6, 6.07) is 11.0. The molecule has 29 heavy (non-hydrogen) atoms. The van der Waals surface area contributed by atoms with Crippen molar-refractivity contribution in [2.24, 2.45) is 5.73 Å². The summed E-state index contributed by atoms with van der Waals surface area (Å²) in [5, 5.41) is 2.55. The van der Waals surface area contributed by atoms with Crippen LogP contribution >= 0.6 is 22.7 Å². The lowest BCUT2D eigenvalue weighted by Gasteiger charge is -2.19. The Morgan fingerprint density at radius 2 is 2.03 bits per heavy atom. The second-order valence-corrected chi connectivity index (χ2v) is 9.15. The third kappa shape index (κ3) is 3.30. The highest BCUT2D eigenvalue weighted by molar-refractivity contribution is 7.20. The minimum Gasteiger partial charge on any atom is -0.368 e. The molecule has 0 radical (unpaired) electrons. The van der Waals surface area contributed by atoms with Gasteiger partial charge in [0, 0.05) is 20.9 Å². The zero-order chi connectivity index (χ0) is 20.7. The lowest BCUT2D eigenvalue weighted by molar-refractivity contribution is -0.121. The number of nitrogens with two attached hydrogens (primary N) is 1. The summed E-state index contributed by atoms with van der Waals surface area (Å²) in [7, 11) is 0. The van der Waals surface area contributed by atoms with E-state index in [1.807, 2.05) is 62.5 Å². The maximum atomic E-state index is 13.8. The molecule has 1 aromatic carbocycles. The molecule has 0 aliphatic heterocycles. The van der Waals surface area contributed by atoms with E-state index in [1.165, 1.54) is 15.9 Å². The van der Waals surface area contributed by atoms with Crippen LogP contribution in [0.25, 0.3) is 32.0 Å². The number of aromatic nitrogens is 2. The van der Waals surface area contributed by atoms with E-state index in [2.05, 4.69) is 0 Å². The molecule has 0 spiro atoms. The summed E-state index contributed by atoms with van der Waals surface area (Å²) >= 11 is 3.09. The minimum atomic E-state index is -0.758. The van der Waals surface area contributed by atoms with Crippen LogP contribution in [0.1, 0.15) is 29.8 Å². The maximum Gasteiger partial charge on any atom is 0.263 e. The van der Waals surface area contributed by atoms with Crippen molar-refractivity contribution in [2.75, 3.05) is 0 Å². The molecule has 3 aromatic heterocycles. The van der Waals surface area contributed by atoms with Crippen LogP contribution < -0.4 is 11.3 Å². The summed E-state index contributed by atoms with van der Waals surface area (Å²) in [6.07, 6.45) is 0.415. The average Bonchev–Trinajstić information content (AvgIpc) is 3.30. The van der Waals surface area contributed by atoms with Gasteiger partial charge in [0.05, 0.1) is 5.39 Å². The van der Waals surface area contributed by atoms with Gasteiger partial charge in [-0.1, -0.05) is 36.8 Å². The molecule has 4 rings (SSSR count). The van der Waals surface area contributed by atoms with Crippen molar-refractivity contribution in [2.45, 2.75) is 33.2 Å². The first kappa shape index (κ1) is 19.5. The van der Waals surface area contributed by atoms with E-state index in [-0.39, 0.29) is 5.56 Å². The fraction of sp³-hybridized carbons (Fsp3) is 0.227. The third-order valence-corrected chi connectivity index (χ3v) is 6.89. The second kappa shape index (κ2) is 7.57. The number of carbonyl (C=O) groups excluding carboxylic acids is 1. The monoisotopic (exact) mass is 423 g/mol. The predicted molar refractivity (Wildman–Crippen MR) is 121 cm³/mol. The Bertz CT molecular complexity index is 1270. The zero-order valence-corrected chi connectivity index (χ0v) is 18.1. The minimum absolute atomic E-state index is 0.218. The van der Waals surface area contributed by atoms with Gasteiger partial charge in [-0.15, -0.1) is 22.7 Å². The number of nitrogens with zero attached hydrogens (tertiary/aromatic N) is 2. The molecule has 0 aliphatic carbocycles. The fourth-order valence-electron chi connectivity index (χ4n) is 3.68. The van der Waals surface area contributed by atoms with Crippen LogP contribution in [0, 0.1) is 13.8 Å². The molecular weight excluding hydrogens is 402 g/mol. The van der Waals surface area contributed by atoms with Gasteiger partial charge in [-0.25, -0.2) is 4.98 Å². The first-order chi connectivity index (χ1) is 13.9. The molecule has 7 heteroatoms. The Morgan fingerprint density at radius 1 is 1.24 bits per heavy atom. The SMILES string of the molecule is CCC(C(N)=O)n1c(-c2cccc(C)c2)nc2sc(C)c(-c3cccs3)c2c1=O. The molecule has 0 aliphatic rings. The molecule has 0 bridgehead atoms. The molecule has 2 N–H and O–H groups in total. The molecule has 1 unspecified atom stereocenters. The van der Waals surface area contributed by atoms with Crippen molar-refractivity contribution in [1.82, 2.24) is 9.55 Å². The van der Waals surface area contributed by atoms with Crippen molar-refractivity contribution < 1.29 is 4.79 Å². The quantitative estimate of drug-likeness (QED) is 0.495. The summed E-state index contributed by atoms with van der Waals surface area (Å²) in [6.45, 7) is 5.84. The zero-order valence-electron chi connectivity index (χ0n) is 16.4. The third-order valence-electron chi connectivity index (χ3n) is 5.00. The van der Waals surface area contributed by atoms with E-state index in [0.29, 0.717) is 22.5 Å². The number of thiophene rings is 2. The van der Waals surface area contributed by atoms with Crippen molar-refractivity contribution in [3.63, 3.8) is 0 Å². The van der Waals surface area contributed by atoms with Crippen LogP contribution in [0.15, 0.2) is 46.6 Å². The second-order valence-electron chi connectivity index (χ2n) is 7.00. The number of amides is 1. The van der Waals surface area contributed by atoms with Gasteiger partial charge < -0.3 is 5.73 Å². The van der Waals surface area contributed by atoms with Gasteiger partial charge in [0.25, 0.3) is 5.56 Å². The number of carbonyl (C=O) groups is 1. The molecular formula is C22H21N3O2S2. The van der Waals surface area contributed by atoms with Crippen molar-refractivity contribution in [1.29, 1.82) is 0 Å². The lowest BCUT2D eigenvalue weighted by Crippen LogP contribution is -2.35. The molecule has 4 aromatic rings. The average molecular weight is 424 g/mol. The Kier molecular flexibility index (Phi) is 5.10. The number of aryl methyl sites for hydroxylation is 2.